The van der Waals surface area contributed by atoms with Crippen LogP contribution in [0.2, 0.25) is 0 Å². The van der Waals surface area contributed by atoms with Gasteiger partial charge in [-0.1, -0.05) is 19.1 Å². The van der Waals surface area contributed by atoms with Gasteiger partial charge in [0.2, 0.25) is 11.0 Å². The van der Waals surface area contributed by atoms with Crippen molar-refractivity contribution in [3.8, 4) is 0 Å². The van der Waals surface area contributed by atoms with Crippen LogP contribution in [0.1, 0.15) is 25.7 Å². The summed E-state index contributed by atoms with van der Waals surface area (Å²) in [5.41, 5.74) is 0.0778. The van der Waals surface area contributed by atoms with E-state index >= 15 is 0 Å². The Bertz CT molecular complexity index is 605. The van der Waals surface area contributed by atoms with Crippen LogP contribution < -0.4 is 0 Å². The SMILES string of the molecule is CCC(CC(=O)S)(C(=O)S)c1nc2ccccc2o1. The molecule has 0 aliphatic carbocycles. The molecule has 0 saturated heterocycles. The van der Waals surface area contributed by atoms with E-state index in [1.54, 1.807) is 19.1 Å². The van der Waals surface area contributed by atoms with Crippen molar-refractivity contribution in [2.45, 2.75) is 25.2 Å². The first kappa shape index (κ1) is 14.1. The Morgan fingerprint density at radius 1 is 1.32 bits per heavy atom. The molecule has 100 valence electrons. The highest BCUT2D eigenvalue weighted by molar-refractivity contribution is 7.97. The minimum absolute atomic E-state index is 0.0816. The van der Waals surface area contributed by atoms with E-state index < -0.39 is 15.6 Å². The number of thiol groups is 2. The molecule has 0 saturated carbocycles. The molecule has 1 atom stereocenters. The van der Waals surface area contributed by atoms with Crippen molar-refractivity contribution in [2.75, 3.05) is 0 Å². The summed E-state index contributed by atoms with van der Waals surface area (Å²) in [4.78, 5) is 27.5. The van der Waals surface area contributed by atoms with Gasteiger partial charge in [0.05, 0.1) is 0 Å². The number of para-hydroxylation sites is 2. The second kappa shape index (κ2) is 5.38. The van der Waals surface area contributed by atoms with Gasteiger partial charge >= 0.3 is 0 Å². The molecule has 1 aromatic heterocycles. The quantitative estimate of drug-likeness (QED) is 0.833. The molecule has 0 bridgehead atoms. The summed E-state index contributed by atoms with van der Waals surface area (Å²) < 4.78 is 5.62. The molecule has 0 N–H and O–H groups in total. The van der Waals surface area contributed by atoms with Crippen LogP contribution in [0, 0.1) is 0 Å². The van der Waals surface area contributed by atoms with Crippen molar-refractivity contribution >= 4 is 46.6 Å². The van der Waals surface area contributed by atoms with Crippen LogP contribution in [0.15, 0.2) is 28.7 Å². The lowest BCUT2D eigenvalue weighted by Crippen LogP contribution is -2.34. The standard InChI is InChI=1S/C13H13NO3S2/c1-2-13(12(16)19,7-10(15)18)11-14-8-5-3-4-6-9(8)17-11/h3-6H,2,7H2,1H3,(H,15,18)(H,16,19). The van der Waals surface area contributed by atoms with E-state index in [9.17, 15) is 9.59 Å². The summed E-state index contributed by atoms with van der Waals surface area (Å²) >= 11 is 7.66. The van der Waals surface area contributed by atoms with E-state index in [-0.39, 0.29) is 12.3 Å². The molecule has 0 fully saturated rings. The Balaban J connectivity index is 2.59. The van der Waals surface area contributed by atoms with Crippen molar-refractivity contribution in [3.63, 3.8) is 0 Å². The molecule has 0 amide bonds. The zero-order chi connectivity index (χ0) is 14.0. The third-order valence-corrected chi connectivity index (χ3v) is 3.76. The summed E-state index contributed by atoms with van der Waals surface area (Å²) in [6.07, 6.45) is 0.288. The lowest BCUT2D eigenvalue weighted by atomic mass is 9.83. The van der Waals surface area contributed by atoms with Crippen molar-refractivity contribution in [1.82, 2.24) is 4.98 Å². The Hall–Kier alpha value is -1.27. The monoisotopic (exact) mass is 295 g/mol. The van der Waals surface area contributed by atoms with Gasteiger partial charge < -0.3 is 4.42 Å². The summed E-state index contributed by atoms with van der Waals surface area (Å²) in [5, 5.41) is -0.838. The van der Waals surface area contributed by atoms with Crippen LogP contribution >= 0.6 is 25.3 Å². The van der Waals surface area contributed by atoms with Gasteiger partial charge in [0.1, 0.15) is 10.9 Å². The van der Waals surface area contributed by atoms with E-state index in [1.807, 2.05) is 12.1 Å². The molecule has 2 rings (SSSR count). The maximum Gasteiger partial charge on any atom is 0.210 e. The highest BCUT2D eigenvalue weighted by Crippen LogP contribution is 2.36. The lowest BCUT2D eigenvalue weighted by molar-refractivity contribution is -0.121. The minimum atomic E-state index is -1.15. The van der Waals surface area contributed by atoms with E-state index in [2.05, 4.69) is 30.2 Å². The second-order valence-electron chi connectivity index (χ2n) is 4.30. The molecule has 19 heavy (non-hydrogen) atoms. The van der Waals surface area contributed by atoms with Crippen molar-refractivity contribution in [3.05, 3.63) is 30.2 Å². The van der Waals surface area contributed by atoms with Crippen molar-refractivity contribution in [2.24, 2.45) is 0 Å². The fourth-order valence-electron chi connectivity index (χ4n) is 2.01. The van der Waals surface area contributed by atoms with Gasteiger partial charge in [0, 0.05) is 6.42 Å². The third kappa shape index (κ3) is 2.55. The lowest BCUT2D eigenvalue weighted by Gasteiger charge is -2.23. The molecule has 0 spiro atoms. The Morgan fingerprint density at radius 2 is 2.00 bits per heavy atom. The minimum Gasteiger partial charge on any atom is -0.440 e. The molecule has 0 aliphatic rings. The molecule has 1 aromatic carbocycles. The molecule has 4 nitrogen and oxygen atoms in total. The van der Waals surface area contributed by atoms with Gasteiger partial charge in [-0.2, -0.15) is 0 Å². The second-order valence-corrected chi connectivity index (χ2v) is 5.20. The number of aromatic nitrogens is 1. The summed E-state index contributed by atoms with van der Waals surface area (Å²) in [6, 6.07) is 7.19. The van der Waals surface area contributed by atoms with Crippen LogP contribution in [-0.2, 0) is 15.0 Å². The Morgan fingerprint density at radius 3 is 2.53 bits per heavy atom. The van der Waals surface area contributed by atoms with Gasteiger partial charge in [-0.25, -0.2) is 4.98 Å². The summed E-state index contributed by atoms with van der Waals surface area (Å²) in [5.74, 6) is 0.221. The molecule has 1 heterocycles. The van der Waals surface area contributed by atoms with Gasteiger partial charge in [0.25, 0.3) is 0 Å². The smallest absolute Gasteiger partial charge is 0.210 e. The zero-order valence-electron chi connectivity index (χ0n) is 10.3. The first-order valence-electron chi connectivity index (χ1n) is 5.81. The highest BCUT2D eigenvalue weighted by atomic mass is 32.1. The number of fused-ring (bicyclic) bond motifs is 1. The molecule has 0 aliphatic heterocycles. The number of hydrogen-bond acceptors (Lipinski definition) is 4. The average Bonchev–Trinajstić information content (AvgIpc) is 2.79. The Labute approximate surface area is 121 Å². The Kier molecular flexibility index (Phi) is 4.01. The van der Waals surface area contributed by atoms with Gasteiger partial charge in [0.15, 0.2) is 10.7 Å². The molecule has 1 unspecified atom stereocenters. The predicted molar refractivity (Wildman–Crippen MR) is 78.6 cm³/mol. The largest absolute Gasteiger partial charge is 0.440 e. The maximum absolute atomic E-state index is 11.9. The van der Waals surface area contributed by atoms with Gasteiger partial charge in [-0.3, -0.25) is 9.59 Å². The van der Waals surface area contributed by atoms with Gasteiger partial charge in [-0.05, 0) is 18.6 Å². The predicted octanol–water partition coefficient (Wildman–Crippen LogP) is 2.78. The molecular formula is C13H13NO3S2. The number of rotatable bonds is 5. The van der Waals surface area contributed by atoms with Crippen LogP contribution in [-0.4, -0.2) is 15.2 Å². The van der Waals surface area contributed by atoms with Crippen LogP contribution in [0.4, 0.5) is 0 Å². The summed E-state index contributed by atoms with van der Waals surface area (Å²) in [6.45, 7) is 1.79. The number of carbonyl (C=O) groups excluding carboxylic acids is 2. The topological polar surface area (TPSA) is 60.2 Å². The van der Waals surface area contributed by atoms with E-state index in [4.69, 9.17) is 4.42 Å². The number of hydrogen-bond donors (Lipinski definition) is 2. The van der Waals surface area contributed by atoms with Crippen molar-refractivity contribution in [1.29, 1.82) is 0 Å². The van der Waals surface area contributed by atoms with E-state index in [1.165, 1.54) is 0 Å². The summed E-state index contributed by atoms with van der Waals surface area (Å²) in [7, 11) is 0. The first-order chi connectivity index (χ1) is 8.99. The van der Waals surface area contributed by atoms with E-state index in [0.717, 1.165) is 0 Å². The van der Waals surface area contributed by atoms with E-state index in [0.29, 0.717) is 17.5 Å². The fourth-order valence-corrected chi connectivity index (χ4v) is 2.61. The number of benzene rings is 1. The number of oxazole rings is 1. The van der Waals surface area contributed by atoms with Crippen LogP contribution in [0.5, 0.6) is 0 Å². The molecule has 2 aromatic rings. The first-order valence-corrected chi connectivity index (χ1v) is 6.70. The van der Waals surface area contributed by atoms with Gasteiger partial charge in [-0.15, -0.1) is 25.3 Å². The zero-order valence-corrected chi connectivity index (χ0v) is 12.1. The average molecular weight is 295 g/mol. The molecule has 6 heteroatoms. The van der Waals surface area contributed by atoms with Crippen LogP contribution in [0.25, 0.3) is 11.1 Å². The highest BCUT2D eigenvalue weighted by Gasteiger charge is 2.42. The molecular weight excluding hydrogens is 282 g/mol. The number of nitrogens with zero attached hydrogens (tertiary/aromatic N) is 1. The fraction of sp³-hybridized carbons (Fsp3) is 0.308. The maximum atomic E-state index is 11.9. The third-order valence-electron chi connectivity index (χ3n) is 3.17. The van der Waals surface area contributed by atoms with Crippen LogP contribution in [0.3, 0.4) is 0 Å². The molecule has 0 radical (unpaired) electrons. The number of carbonyl (C=O) groups is 2. The normalized spacial score (nSPS) is 14.3. The van der Waals surface area contributed by atoms with Crippen molar-refractivity contribution < 1.29 is 14.0 Å².